The van der Waals surface area contributed by atoms with Crippen molar-refractivity contribution in [2.24, 2.45) is 11.8 Å². The van der Waals surface area contributed by atoms with Gasteiger partial charge in [0, 0.05) is 13.0 Å². The van der Waals surface area contributed by atoms with Gasteiger partial charge >= 0.3 is 0 Å². The Bertz CT molecular complexity index is 1070. The maximum Gasteiger partial charge on any atom is 0.271 e. The second-order valence-corrected chi connectivity index (χ2v) is 8.76. The maximum absolute atomic E-state index is 13.0. The number of hydrogen-bond donors (Lipinski definition) is 3. The van der Waals surface area contributed by atoms with Crippen molar-refractivity contribution in [2.45, 2.75) is 45.3 Å². The highest BCUT2D eigenvalue weighted by Crippen LogP contribution is 2.21. The Kier molecular flexibility index (Phi) is 8.49. The number of amides is 2. The van der Waals surface area contributed by atoms with Crippen LogP contribution in [0.1, 0.15) is 42.7 Å². The van der Waals surface area contributed by atoms with Crippen LogP contribution in [-0.4, -0.2) is 46.1 Å². The van der Waals surface area contributed by atoms with Gasteiger partial charge in [0.05, 0.1) is 29.4 Å². The molecule has 1 heterocycles. The molecule has 3 aromatic rings. The van der Waals surface area contributed by atoms with Crippen LogP contribution in [0.25, 0.3) is 11.0 Å². The Morgan fingerprint density at radius 1 is 0.970 bits per heavy atom. The van der Waals surface area contributed by atoms with E-state index in [4.69, 9.17) is 0 Å². The standard InChI is InChI=1S/C26H32N4O3/c1-17(2)13-19(25(32)27-3)15-24(31)22(14-18-9-5-4-6-10-18)30-26(33)23-16-28-20-11-7-8-12-21(20)29-23/h4-12,16-17,19,22,24,31H,13-15H2,1-3H3,(H,27,32)(H,30,33). The zero-order valence-corrected chi connectivity index (χ0v) is 19.4. The predicted molar refractivity (Wildman–Crippen MR) is 129 cm³/mol. The van der Waals surface area contributed by atoms with Gasteiger partial charge in [-0.25, -0.2) is 4.98 Å². The molecule has 0 fully saturated rings. The molecule has 0 saturated carbocycles. The molecule has 0 bridgehead atoms. The van der Waals surface area contributed by atoms with Gasteiger partial charge in [-0.15, -0.1) is 0 Å². The molecule has 0 aliphatic carbocycles. The van der Waals surface area contributed by atoms with E-state index >= 15 is 0 Å². The summed E-state index contributed by atoms with van der Waals surface area (Å²) in [6, 6.07) is 16.4. The van der Waals surface area contributed by atoms with Crippen LogP contribution in [0.5, 0.6) is 0 Å². The average Bonchev–Trinajstić information content (AvgIpc) is 2.82. The van der Waals surface area contributed by atoms with E-state index in [0.29, 0.717) is 29.8 Å². The van der Waals surface area contributed by atoms with Crippen LogP contribution in [-0.2, 0) is 11.2 Å². The van der Waals surface area contributed by atoms with Gasteiger partial charge in [0.25, 0.3) is 5.91 Å². The van der Waals surface area contributed by atoms with E-state index < -0.39 is 18.1 Å². The van der Waals surface area contributed by atoms with Crippen LogP contribution >= 0.6 is 0 Å². The summed E-state index contributed by atoms with van der Waals surface area (Å²) in [5.41, 5.74) is 2.50. The van der Waals surface area contributed by atoms with Gasteiger partial charge in [-0.3, -0.25) is 14.6 Å². The topological polar surface area (TPSA) is 104 Å². The third kappa shape index (κ3) is 6.83. The molecule has 2 aromatic carbocycles. The van der Waals surface area contributed by atoms with Gasteiger partial charge in [0.1, 0.15) is 5.69 Å². The Balaban J connectivity index is 1.81. The summed E-state index contributed by atoms with van der Waals surface area (Å²) in [4.78, 5) is 34.2. The molecular weight excluding hydrogens is 416 g/mol. The molecule has 3 atom stereocenters. The fraction of sp³-hybridized carbons (Fsp3) is 0.385. The van der Waals surface area contributed by atoms with E-state index in [1.54, 1.807) is 13.1 Å². The number of hydrogen-bond acceptors (Lipinski definition) is 5. The van der Waals surface area contributed by atoms with E-state index in [1.807, 2.05) is 62.4 Å². The molecule has 0 spiro atoms. The number of aliphatic hydroxyl groups excluding tert-OH is 1. The summed E-state index contributed by atoms with van der Waals surface area (Å²) in [6.45, 7) is 4.09. The van der Waals surface area contributed by atoms with Crippen molar-refractivity contribution in [3.63, 3.8) is 0 Å². The zero-order chi connectivity index (χ0) is 23.8. The Morgan fingerprint density at radius 3 is 2.30 bits per heavy atom. The lowest BCUT2D eigenvalue weighted by Crippen LogP contribution is -2.47. The molecule has 3 N–H and O–H groups in total. The van der Waals surface area contributed by atoms with Gasteiger partial charge in [-0.2, -0.15) is 0 Å². The number of aliphatic hydroxyl groups is 1. The first-order valence-corrected chi connectivity index (χ1v) is 11.3. The third-order valence-corrected chi connectivity index (χ3v) is 5.66. The molecule has 0 saturated heterocycles. The average molecular weight is 449 g/mol. The Morgan fingerprint density at radius 2 is 1.64 bits per heavy atom. The Hall–Kier alpha value is -3.32. The maximum atomic E-state index is 13.0. The molecule has 7 nitrogen and oxygen atoms in total. The second-order valence-electron chi connectivity index (χ2n) is 8.76. The number of carbonyl (C=O) groups is 2. The number of para-hydroxylation sites is 2. The van der Waals surface area contributed by atoms with Crippen molar-refractivity contribution in [3.05, 3.63) is 72.1 Å². The van der Waals surface area contributed by atoms with Crippen LogP contribution in [0.15, 0.2) is 60.8 Å². The summed E-state index contributed by atoms with van der Waals surface area (Å²) < 4.78 is 0. The monoisotopic (exact) mass is 448 g/mol. The smallest absolute Gasteiger partial charge is 0.271 e. The summed E-state index contributed by atoms with van der Waals surface area (Å²) in [5, 5.41) is 16.8. The molecule has 33 heavy (non-hydrogen) atoms. The molecule has 0 aliphatic rings. The largest absolute Gasteiger partial charge is 0.391 e. The molecule has 174 valence electrons. The number of benzene rings is 2. The molecule has 2 amide bonds. The lowest BCUT2D eigenvalue weighted by atomic mass is 9.87. The quantitative estimate of drug-likeness (QED) is 0.442. The van der Waals surface area contributed by atoms with Crippen molar-refractivity contribution in [1.82, 2.24) is 20.6 Å². The van der Waals surface area contributed by atoms with Gasteiger partial charge in [-0.05, 0) is 42.9 Å². The number of rotatable bonds is 10. The first kappa shape index (κ1) is 24.3. The summed E-state index contributed by atoms with van der Waals surface area (Å²) >= 11 is 0. The van der Waals surface area contributed by atoms with Gasteiger partial charge in [-0.1, -0.05) is 56.3 Å². The molecule has 7 heteroatoms. The van der Waals surface area contributed by atoms with E-state index in [1.165, 1.54) is 6.20 Å². The number of fused-ring (bicyclic) bond motifs is 1. The lowest BCUT2D eigenvalue weighted by Gasteiger charge is -2.28. The third-order valence-electron chi connectivity index (χ3n) is 5.66. The number of nitrogens with zero attached hydrogens (tertiary/aromatic N) is 2. The fourth-order valence-electron chi connectivity index (χ4n) is 4.00. The highest BCUT2D eigenvalue weighted by atomic mass is 16.3. The van der Waals surface area contributed by atoms with E-state index in [0.717, 1.165) is 5.56 Å². The van der Waals surface area contributed by atoms with Gasteiger partial charge in [0.15, 0.2) is 0 Å². The highest BCUT2D eigenvalue weighted by molar-refractivity contribution is 5.94. The Labute approximate surface area is 194 Å². The molecule has 1 aromatic heterocycles. The van der Waals surface area contributed by atoms with Gasteiger partial charge < -0.3 is 15.7 Å². The SMILES string of the molecule is CNC(=O)C(CC(C)C)CC(O)C(Cc1ccccc1)NC(=O)c1cnc2ccccc2n1. The molecule has 3 rings (SSSR count). The van der Waals surface area contributed by atoms with E-state index in [2.05, 4.69) is 20.6 Å². The summed E-state index contributed by atoms with van der Waals surface area (Å²) in [7, 11) is 1.60. The first-order valence-electron chi connectivity index (χ1n) is 11.3. The van der Waals surface area contributed by atoms with E-state index in [9.17, 15) is 14.7 Å². The predicted octanol–water partition coefficient (Wildman–Crippen LogP) is 3.13. The number of aromatic nitrogens is 2. The molecular formula is C26H32N4O3. The van der Waals surface area contributed by atoms with Crippen molar-refractivity contribution in [1.29, 1.82) is 0 Å². The number of nitrogens with one attached hydrogen (secondary N) is 2. The first-order chi connectivity index (χ1) is 15.9. The summed E-state index contributed by atoms with van der Waals surface area (Å²) in [5.74, 6) is -0.559. The second kappa shape index (κ2) is 11.5. The summed E-state index contributed by atoms with van der Waals surface area (Å²) in [6.07, 6.45) is 1.86. The van der Waals surface area contributed by atoms with Crippen LogP contribution in [0, 0.1) is 11.8 Å². The highest BCUT2D eigenvalue weighted by Gasteiger charge is 2.29. The van der Waals surface area contributed by atoms with Gasteiger partial charge in [0.2, 0.25) is 5.91 Å². The molecule has 0 aliphatic heterocycles. The van der Waals surface area contributed by atoms with Crippen molar-refractivity contribution in [3.8, 4) is 0 Å². The van der Waals surface area contributed by atoms with Crippen LogP contribution in [0.2, 0.25) is 0 Å². The fourth-order valence-corrected chi connectivity index (χ4v) is 4.00. The van der Waals surface area contributed by atoms with Crippen molar-refractivity contribution in [2.75, 3.05) is 7.05 Å². The minimum Gasteiger partial charge on any atom is -0.391 e. The van der Waals surface area contributed by atoms with Crippen molar-refractivity contribution < 1.29 is 14.7 Å². The normalized spacial score (nSPS) is 14.0. The van der Waals surface area contributed by atoms with E-state index in [-0.39, 0.29) is 23.9 Å². The van der Waals surface area contributed by atoms with Crippen LogP contribution < -0.4 is 10.6 Å². The lowest BCUT2D eigenvalue weighted by molar-refractivity contribution is -0.126. The number of carbonyl (C=O) groups excluding carboxylic acids is 2. The zero-order valence-electron chi connectivity index (χ0n) is 19.4. The minimum atomic E-state index is -0.913. The molecule has 0 radical (unpaired) electrons. The van der Waals surface area contributed by atoms with Crippen LogP contribution in [0.4, 0.5) is 0 Å². The minimum absolute atomic E-state index is 0.104. The molecule has 3 unspecified atom stereocenters. The van der Waals surface area contributed by atoms with Crippen molar-refractivity contribution >= 4 is 22.8 Å². The van der Waals surface area contributed by atoms with Crippen LogP contribution in [0.3, 0.4) is 0 Å².